The number of nitrogens with one attached hydrogen (secondary N) is 1. The van der Waals surface area contributed by atoms with Crippen LogP contribution in [0.5, 0.6) is 5.75 Å². The van der Waals surface area contributed by atoms with E-state index in [1.54, 1.807) is 12.1 Å². The van der Waals surface area contributed by atoms with Gasteiger partial charge >= 0.3 is 0 Å². The summed E-state index contributed by atoms with van der Waals surface area (Å²) in [7, 11) is 0. The molecule has 0 amide bonds. The summed E-state index contributed by atoms with van der Waals surface area (Å²) in [5.74, 6) is 2.67. The maximum Gasteiger partial charge on any atom is 0.138 e. The van der Waals surface area contributed by atoms with Crippen LogP contribution in [0.15, 0.2) is 18.2 Å². The second-order valence-electron chi connectivity index (χ2n) is 2.88. The van der Waals surface area contributed by atoms with Gasteiger partial charge < -0.3 is 10.4 Å². The maximum atomic E-state index is 9.54. The molecule has 0 bridgehead atoms. The monoisotopic (exact) mass is 209 g/mol. The van der Waals surface area contributed by atoms with Gasteiger partial charge in [-0.05, 0) is 6.07 Å². The first-order chi connectivity index (χ1) is 6.75. The third kappa shape index (κ3) is 2.95. The van der Waals surface area contributed by atoms with E-state index in [4.69, 9.17) is 18.0 Å². The number of terminal acetylenes is 1. The van der Waals surface area contributed by atoms with Crippen molar-refractivity contribution in [3.63, 3.8) is 0 Å². The van der Waals surface area contributed by atoms with Gasteiger partial charge in [-0.3, -0.25) is 0 Å². The van der Waals surface area contributed by atoms with E-state index in [1.165, 1.54) is 0 Å². The van der Waals surface area contributed by atoms with Crippen LogP contribution in [0, 0.1) is 12.3 Å². The Labute approximate surface area is 88.9 Å². The van der Waals surface area contributed by atoms with Gasteiger partial charge in [-0.2, -0.15) is 0 Å². The van der Waals surface area contributed by atoms with Crippen molar-refractivity contribution in [3.05, 3.63) is 28.8 Å². The largest absolute Gasteiger partial charge is 0.506 e. The molecule has 3 heteroatoms. The van der Waals surface area contributed by atoms with Crippen LogP contribution in [-0.4, -0.2) is 11.7 Å². The summed E-state index contributed by atoms with van der Waals surface area (Å²) < 4.78 is 0. The fourth-order valence-corrected chi connectivity index (χ4v) is 1.28. The van der Waals surface area contributed by atoms with E-state index in [1.807, 2.05) is 6.07 Å². The summed E-state index contributed by atoms with van der Waals surface area (Å²) in [5, 5.41) is 13.0. The lowest BCUT2D eigenvalue weighted by Gasteiger charge is -2.06. The number of halogens is 1. The van der Waals surface area contributed by atoms with Crippen LogP contribution >= 0.6 is 11.6 Å². The quantitative estimate of drug-likeness (QED) is 0.589. The third-order valence-corrected chi connectivity index (χ3v) is 2.14. The second kappa shape index (κ2) is 5.54. The first kappa shape index (κ1) is 10.9. The fourth-order valence-electron chi connectivity index (χ4n) is 1.09. The Morgan fingerprint density at radius 3 is 3.00 bits per heavy atom. The molecule has 0 unspecified atom stereocenters. The lowest BCUT2D eigenvalue weighted by Crippen LogP contribution is -2.14. The van der Waals surface area contributed by atoms with Crippen LogP contribution in [0.4, 0.5) is 0 Å². The summed E-state index contributed by atoms with van der Waals surface area (Å²) in [5.41, 5.74) is 0.787. The minimum absolute atomic E-state index is 0.141. The molecule has 0 fully saturated rings. The van der Waals surface area contributed by atoms with Crippen LogP contribution in [0.3, 0.4) is 0 Å². The minimum atomic E-state index is 0.141. The zero-order chi connectivity index (χ0) is 10.4. The highest BCUT2D eigenvalue weighted by atomic mass is 35.5. The lowest BCUT2D eigenvalue weighted by atomic mass is 10.2. The third-order valence-electron chi connectivity index (χ3n) is 1.83. The number of para-hydroxylation sites is 1. The van der Waals surface area contributed by atoms with Crippen LogP contribution in [0.1, 0.15) is 12.0 Å². The summed E-state index contributed by atoms with van der Waals surface area (Å²) >= 11 is 5.74. The van der Waals surface area contributed by atoms with E-state index < -0.39 is 0 Å². The van der Waals surface area contributed by atoms with Gasteiger partial charge in [-0.1, -0.05) is 23.7 Å². The Morgan fingerprint density at radius 1 is 1.50 bits per heavy atom. The molecule has 0 heterocycles. The molecule has 0 aliphatic carbocycles. The molecule has 0 aliphatic heterocycles. The molecule has 74 valence electrons. The molecule has 0 aliphatic rings. The summed E-state index contributed by atoms with van der Waals surface area (Å²) in [6.45, 7) is 1.32. The molecule has 2 N–H and O–H groups in total. The number of phenols is 1. The molecular weight excluding hydrogens is 198 g/mol. The normalized spacial score (nSPS) is 9.71. The minimum Gasteiger partial charge on any atom is -0.506 e. The van der Waals surface area contributed by atoms with Crippen LogP contribution in [-0.2, 0) is 6.54 Å². The highest BCUT2D eigenvalue weighted by molar-refractivity contribution is 6.32. The Balaban J connectivity index is 2.51. The summed E-state index contributed by atoms with van der Waals surface area (Å²) in [6.07, 6.45) is 5.78. The molecule has 2 nitrogen and oxygen atoms in total. The van der Waals surface area contributed by atoms with Gasteiger partial charge in [0.25, 0.3) is 0 Å². The molecule has 1 rings (SSSR count). The van der Waals surface area contributed by atoms with E-state index in [0.29, 0.717) is 18.0 Å². The van der Waals surface area contributed by atoms with Gasteiger partial charge in [0.05, 0.1) is 5.02 Å². The van der Waals surface area contributed by atoms with Crippen LogP contribution in [0.25, 0.3) is 0 Å². The van der Waals surface area contributed by atoms with Crippen molar-refractivity contribution >= 4 is 11.6 Å². The van der Waals surface area contributed by atoms with Gasteiger partial charge in [-0.15, -0.1) is 12.3 Å². The molecule has 0 saturated carbocycles. The number of phenolic OH excluding ortho intramolecular Hbond substituents is 1. The number of hydrogen-bond acceptors (Lipinski definition) is 2. The number of aromatic hydroxyl groups is 1. The van der Waals surface area contributed by atoms with Gasteiger partial charge in [0.2, 0.25) is 0 Å². The fraction of sp³-hybridized carbons (Fsp3) is 0.273. The molecular formula is C11H12ClNO. The van der Waals surface area contributed by atoms with Gasteiger partial charge in [-0.25, -0.2) is 0 Å². The van der Waals surface area contributed by atoms with Gasteiger partial charge in [0.15, 0.2) is 0 Å². The van der Waals surface area contributed by atoms with Gasteiger partial charge in [0.1, 0.15) is 5.75 Å². The highest BCUT2D eigenvalue weighted by Crippen LogP contribution is 2.26. The zero-order valence-corrected chi connectivity index (χ0v) is 8.51. The van der Waals surface area contributed by atoms with Crippen molar-refractivity contribution < 1.29 is 5.11 Å². The summed E-state index contributed by atoms with van der Waals surface area (Å²) in [6, 6.07) is 5.28. The Kier molecular flexibility index (Phi) is 4.31. The predicted octanol–water partition coefficient (Wildman–Crippen LogP) is 2.16. The molecule has 1 aromatic carbocycles. The maximum absolute atomic E-state index is 9.54. The van der Waals surface area contributed by atoms with Crippen molar-refractivity contribution in [3.8, 4) is 18.1 Å². The van der Waals surface area contributed by atoms with Crippen molar-refractivity contribution in [1.29, 1.82) is 0 Å². The summed E-state index contributed by atoms with van der Waals surface area (Å²) in [4.78, 5) is 0. The van der Waals surface area contributed by atoms with Crippen LogP contribution in [0.2, 0.25) is 5.02 Å². The lowest BCUT2D eigenvalue weighted by molar-refractivity contribution is 0.465. The van der Waals surface area contributed by atoms with Crippen molar-refractivity contribution in [2.45, 2.75) is 13.0 Å². The molecule has 1 aromatic rings. The van der Waals surface area contributed by atoms with E-state index in [-0.39, 0.29) is 5.75 Å². The average molecular weight is 210 g/mol. The van der Waals surface area contributed by atoms with E-state index in [2.05, 4.69) is 11.2 Å². The number of rotatable bonds is 4. The molecule has 14 heavy (non-hydrogen) atoms. The Morgan fingerprint density at radius 2 is 2.29 bits per heavy atom. The highest BCUT2D eigenvalue weighted by Gasteiger charge is 2.03. The van der Waals surface area contributed by atoms with Gasteiger partial charge in [0, 0.05) is 25.1 Å². The van der Waals surface area contributed by atoms with Crippen molar-refractivity contribution in [2.24, 2.45) is 0 Å². The van der Waals surface area contributed by atoms with Crippen molar-refractivity contribution in [2.75, 3.05) is 6.54 Å². The zero-order valence-electron chi connectivity index (χ0n) is 7.76. The first-order valence-electron chi connectivity index (χ1n) is 4.36. The Bertz CT molecular complexity index is 344. The smallest absolute Gasteiger partial charge is 0.138 e. The first-order valence-corrected chi connectivity index (χ1v) is 4.74. The molecule has 0 atom stereocenters. The van der Waals surface area contributed by atoms with Crippen molar-refractivity contribution in [1.82, 2.24) is 5.32 Å². The molecule has 0 aromatic heterocycles. The van der Waals surface area contributed by atoms with E-state index in [0.717, 1.165) is 12.1 Å². The van der Waals surface area contributed by atoms with E-state index >= 15 is 0 Å². The second-order valence-corrected chi connectivity index (χ2v) is 3.29. The topological polar surface area (TPSA) is 32.3 Å². The number of hydrogen-bond donors (Lipinski definition) is 2. The standard InChI is InChI=1S/C11H12ClNO/c1-2-3-7-13-8-9-5-4-6-10(12)11(9)14/h1,4-6,13-14H,3,7-8H2. The van der Waals surface area contributed by atoms with E-state index in [9.17, 15) is 5.11 Å². The predicted molar refractivity (Wildman–Crippen MR) is 58.3 cm³/mol. The number of benzene rings is 1. The molecule has 0 radical (unpaired) electrons. The SMILES string of the molecule is C#CCCNCc1cccc(Cl)c1O. The molecule has 0 saturated heterocycles. The Hall–Kier alpha value is -1.17. The average Bonchev–Trinajstić information content (AvgIpc) is 2.19. The molecule has 0 spiro atoms. The van der Waals surface area contributed by atoms with Crippen LogP contribution < -0.4 is 5.32 Å².